The summed E-state index contributed by atoms with van der Waals surface area (Å²) in [6, 6.07) is 8.04. The van der Waals surface area contributed by atoms with Gasteiger partial charge in [0.05, 0.1) is 0 Å². The minimum atomic E-state index is 0.0441. The largest absolute Gasteiger partial charge is 0.486 e. The van der Waals surface area contributed by atoms with Crippen molar-refractivity contribution in [1.29, 1.82) is 0 Å². The number of hydrogen-bond donors (Lipinski definition) is 1. The SMILES string of the molecule is C#CCCCC(NC)C1COc2ccccc2O1. The Balaban J connectivity index is 1.96. The highest BCUT2D eigenvalue weighted by molar-refractivity contribution is 5.40. The molecule has 2 atom stereocenters. The second-order valence-corrected chi connectivity index (χ2v) is 4.41. The van der Waals surface area contributed by atoms with Crippen molar-refractivity contribution in [2.75, 3.05) is 13.7 Å². The summed E-state index contributed by atoms with van der Waals surface area (Å²) < 4.78 is 11.7. The Morgan fingerprint density at radius 3 is 2.94 bits per heavy atom. The highest BCUT2D eigenvalue weighted by Gasteiger charge is 2.27. The summed E-state index contributed by atoms with van der Waals surface area (Å²) in [5, 5.41) is 3.29. The van der Waals surface area contributed by atoms with Crippen molar-refractivity contribution >= 4 is 0 Å². The number of nitrogens with one attached hydrogen (secondary N) is 1. The molecule has 0 aliphatic carbocycles. The van der Waals surface area contributed by atoms with Crippen LogP contribution in [-0.4, -0.2) is 25.8 Å². The number of unbranched alkanes of at least 4 members (excludes halogenated alkanes) is 1. The van der Waals surface area contributed by atoms with Gasteiger partial charge in [-0.2, -0.15) is 0 Å². The monoisotopic (exact) mass is 245 g/mol. The van der Waals surface area contributed by atoms with Crippen LogP contribution in [0.15, 0.2) is 24.3 Å². The molecule has 1 aliphatic heterocycles. The number of benzene rings is 1. The summed E-state index contributed by atoms with van der Waals surface area (Å²) in [5.41, 5.74) is 0. The molecule has 3 nitrogen and oxygen atoms in total. The third kappa shape index (κ3) is 2.96. The Kier molecular flexibility index (Phi) is 4.49. The Bertz CT molecular complexity index is 425. The first-order chi connectivity index (χ1) is 8.85. The Morgan fingerprint density at radius 2 is 2.22 bits per heavy atom. The van der Waals surface area contributed by atoms with Crippen LogP contribution in [0.2, 0.25) is 0 Å². The molecule has 0 bridgehead atoms. The Morgan fingerprint density at radius 1 is 1.44 bits per heavy atom. The molecule has 1 N–H and O–H groups in total. The molecule has 1 aromatic rings. The van der Waals surface area contributed by atoms with E-state index in [0.29, 0.717) is 6.61 Å². The minimum absolute atomic E-state index is 0.0441. The van der Waals surface area contributed by atoms with Gasteiger partial charge < -0.3 is 14.8 Å². The van der Waals surface area contributed by atoms with Crippen molar-refractivity contribution in [2.45, 2.75) is 31.4 Å². The topological polar surface area (TPSA) is 30.5 Å². The average molecular weight is 245 g/mol. The zero-order chi connectivity index (χ0) is 12.8. The van der Waals surface area contributed by atoms with E-state index in [0.717, 1.165) is 30.8 Å². The van der Waals surface area contributed by atoms with Crippen LogP contribution in [0.4, 0.5) is 0 Å². The molecule has 0 saturated carbocycles. The molecule has 3 heteroatoms. The summed E-state index contributed by atoms with van der Waals surface area (Å²) in [7, 11) is 1.95. The van der Waals surface area contributed by atoms with E-state index >= 15 is 0 Å². The van der Waals surface area contributed by atoms with Gasteiger partial charge in [-0.1, -0.05) is 12.1 Å². The maximum Gasteiger partial charge on any atom is 0.161 e. The average Bonchev–Trinajstić information content (AvgIpc) is 2.43. The normalized spacial score (nSPS) is 19.0. The maximum absolute atomic E-state index is 5.98. The lowest BCUT2D eigenvalue weighted by Gasteiger charge is -2.32. The zero-order valence-corrected chi connectivity index (χ0v) is 10.7. The van der Waals surface area contributed by atoms with Gasteiger partial charge in [0.1, 0.15) is 12.7 Å². The van der Waals surface area contributed by atoms with Gasteiger partial charge in [0.2, 0.25) is 0 Å². The molecule has 1 heterocycles. The predicted molar refractivity (Wildman–Crippen MR) is 71.9 cm³/mol. The van der Waals surface area contributed by atoms with Crippen LogP contribution in [0.1, 0.15) is 19.3 Å². The van der Waals surface area contributed by atoms with E-state index in [1.165, 1.54) is 0 Å². The number of rotatable bonds is 5. The van der Waals surface area contributed by atoms with Crippen LogP contribution in [0.5, 0.6) is 11.5 Å². The van der Waals surface area contributed by atoms with E-state index in [2.05, 4.69) is 11.2 Å². The summed E-state index contributed by atoms with van der Waals surface area (Å²) in [5.74, 6) is 4.32. The first-order valence-electron chi connectivity index (χ1n) is 6.34. The van der Waals surface area contributed by atoms with Gasteiger partial charge in [-0.25, -0.2) is 0 Å². The third-order valence-corrected chi connectivity index (χ3v) is 3.19. The van der Waals surface area contributed by atoms with Crippen LogP contribution in [0, 0.1) is 12.3 Å². The lowest BCUT2D eigenvalue weighted by atomic mass is 10.0. The quantitative estimate of drug-likeness (QED) is 0.637. The standard InChI is InChI=1S/C15H19NO2/c1-3-4-5-8-12(16-2)15-11-17-13-9-6-7-10-14(13)18-15/h1,6-7,9-10,12,15-16H,4-5,8,11H2,2H3. The van der Waals surface area contributed by atoms with Gasteiger partial charge >= 0.3 is 0 Å². The fourth-order valence-electron chi connectivity index (χ4n) is 2.17. The van der Waals surface area contributed by atoms with Crippen LogP contribution in [0.25, 0.3) is 0 Å². The van der Waals surface area contributed by atoms with E-state index < -0.39 is 0 Å². The Labute approximate surface area is 108 Å². The van der Waals surface area contributed by atoms with Crippen molar-refractivity contribution in [3.63, 3.8) is 0 Å². The van der Waals surface area contributed by atoms with Crippen molar-refractivity contribution in [3.8, 4) is 23.8 Å². The fourth-order valence-corrected chi connectivity index (χ4v) is 2.17. The van der Waals surface area contributed by atoms with Gasteiger partial charge in [0.15, 0.2) is 11.5 Å². The molecule has 0 amide bonds. The maximum atomic E-state index is 5.98. The zero-order valence-electron chi connectivity index (χ0n) is 10.7. The lowest BCUT2D eigenvalue weighted by Crippen LogP contribution is -2.46. The lowest BCUT2D eigenvalue weighted by molar-refractivity contribution is 0.0612. The van der Waals surface area contributed by atoms with Gasteiger partial charge in [-0.15, -0.1) is 12.3 Å². The van der Waals surface area contributed by atoms with Crippen molar-refractivity contribution in [3.05, 3.63) is 24.3 Å². The van der Waals surface area contributed by atoms with Crippen LogP contribution in [0.3, 0.4) is 0 Å². The molecule has 0 fully saturated rings. The molecule has 2 rings (SSSR count). The van der Waals surface area contributed by atoms with E-state index in [9.17, 15) is 0 Å². The van der Waals surface area contributed by atoms with Gasteiger partial charge in [-0.3, -0.25) is 0 Å². The first kappa shape index (κ1) is 12.8. The van der Waals surface area contributed by atoms with Crippen molar-refractivity contribution < 1.29 is 9.47 Å². The number of fused-ring (bicyclic) bond motifs is 1. The molecule has 0 aromatic heterocycles. The molecular formula is C15H19NO2. The number of terminal acetylenes is 1. The number of ether oxygens (including phenoxy) is 2. The molecule has 1 aromatic carbocycles. The molecule has 0 spiro atoms. The summed E-state index contributed by atoms with van der Waals surface area (Å²) in [4.78, 5) is 0. The summed E-state index contributed by atoms with van der Waals surface area (Å²) >= 11 is 0. The third-order valence-electron chi connectivity index (χ3n) is 3.19. The second kappa shape index (κ2) is 6.32. The first-order valence-corrected chi connectivity index (χ1v) is 6.34. The Hall–Kier alpha value is -1.66. The molecule has 96 valence electrons. The molecular weight excluding hydrogens is 226 g/mol. The van der Waals surface area contributed by atoms with Crippen LogP contribution >= 0.6 is 0 Å². The highest BCUT2D eigenvalue weighted by Crippen LogP contribution is 2.32. The molecule has 2 unspecified atom stereocenters. The fraction of sp³-hybridized carbons (Fsp3) is 0.467. The van der Waals surface area contributed by atoms with Crippen molar-refractivity contribution in [2.24, 2.45) is 0 Å². The molecule has 1 aliphatic rings. The van der Waals surface area contributed by atoms with Crippen molar-refractivity contribution in [1.82, 2.24) is 5.32 Å². The molecule has 18 heavy (non-hydrogen) atoms. The predicted octanol–water partition coefficient (Wildman–Crippen LogP) is 2.22. The van der Waals surface area contributed by atoms with E-state index in [1.807, 2.05) is 31.3 Å². The minimum Gasteiger partial charge on any atom is -0.486 e. The highest BCUT2D eigenvalue weighted by atomic mass is 16.6. The van der Waals surface area contributed by atoms with Crippen LogP contribution < -0.4 is 14.8 Å². The second-order valence-electron chi connectivity index (χ2n) is 4.41. The summed E-state index contributed by atoms with van der Waals surface area (Å²) in [6.45, 7) is 0.582. The summed E-state index contributed by atoms with van der Waals surface area (Å²) in [6.07, 6.45) is 8.12. The molecule has 0 radical (unpaired) electrons. The molecule has 0 saturated heterocycles. The van der Waals surface area contributed by atoms with Gasteiger partial charge in [0.25, 0.3) is 0 Å². The number of hydrogen-bond acceptors (Lipinski definition) is 3. The number of para-hydroxylation sites is 2. The van der Waals surface area contributed by atoms with E-state index in [4.69, 9.17) is 15.9 Å². The van der Waals surface area contributed by atoms with E-state index in [1.54, 1.807) is 0 Å². The number of likely N-dealkylation sites (N-methyl/N-ethyl adjacent to an activating group) is 1. The van der Waals surface area contributed by atoms with Gasteiger partial charge in [-0.05, 0) is 32.0 Å². The van der Waals surface area contributed by atoms with E-state index in [-0.39, 0.29) is 12.1 Å². The van der Waals surface area contributed by atoms with Crippen LogP contribution in [-0.2, 0) is 0 Å². The smallest absolute Gasteiger partial charge is 0.161 e. The van der Waals surface area contributed by atoms with Gasteiger partial charge in [0, 0.05) is 12.5 Å².